The summed E-state index contributed by atoms with van der Waals surface area (Å²) >= 11 is 6.26. The quantitative estimate of drug-likeness (QED) is 0.617. The Bertz CT molecular complexity index is 755. The van der Waals surface area contributed by atoms with E-state index in [4.69, 9.17) is 16.0 Å². The van der Waals surface area contributed by atoms with Gasteiger partial charge in [0.2, 0.25) is 5.89 Å². The molecule has 0 saturated carbocycles. The molecule has 26 heavy (non-hydrogen) atoms. The van der Waals surface area contributed by atoms with Crippen molar-refractivity contribution in [1.82, 2.24) is 20.6 Å². The van der Waals surface area contributed by atoms with E-state index < -0.39 is 0 Å². The SMILES string of the molecule is CCNC(=NCc1nc(C)c(C)o1)NC1CCN(c2ncccc2Cl)C1. The minimum atomic E-state index is 0.277. The van der Waals surface area contributed by atoms with Gasteiger partial charge in [-0.15, -0.1) is 0 Å². The van der Waals surface area contributed by atoms with E-state index in [1.165, 1.54) is 0 Å². The molecule has 8 heteroatoms. The van der Waals surface area contributed by atoms with Gasteiger partial charge in [0.05, 0.1) is 10.7 Å². The van der Waals surface area contributed by atoms with Crippen LogP contribution in [0, 0.1) is 13.8 Å². The van der Waals surface area contributed by atoms with Crippen LogP contribution in [0.2, 0.25) is 5.02 Å². The summed E-state index contributed by atoms with van der Waals surface area (Å²) in [6.45, 7) is 8.83. The summed E-state index contributed by atoms with van der Waals surface area (Å²) in [4.78, 5) is 15.6. The molecule has 2 aromatic heterocycles. The van der Waals surface area contributed by atoms with E-state index in [0.29, 0.717) is 17.5 Å². The highest BCUT2D eigenvalue weighted by Crippen LogP contribution is 2.25. The van der Waals surface area contributed by atoms with Crippen LogP contribution < -0.4 is 15.5 Å². The van der Waals surface area contributed by atoms with Gasteiger partial charge >= 0.3 is 0 Å². The van der Waals surface area contributed by atoms with Crippen molar-refractivity contribution in [2.24, 2.45) is 4.99 Å². The molecule has 1 saturated heterocycles. The molecule has 140 valence electrons. The molecule has 0 aromatic carbocycles. The van der Waals surface area contributed by atoms with Gasteiger partial charge in [0, 0.05) is 31.9 Å². The van der Waals surface area contributed by atoms with Crippen molar-refractivity contribution in [3.05, 3.63) is 40.7 Å². The Morgan fingerprint density at radius 3 is 3.00 bits per heavy atom. The van der Waals surface area contributed by atoms with Crippen LogP contribution in [-0.4, -0.2) is 41.6 Å². The largest absolute Gasteiger partial charge is 0.444 e. The number of aryl methyl sites for hydroxylation is 2. The molecule has 1 atom stereocenters. The molecule has 0 bridgehead atoms. The van der Waals surface area contributed by atoms with E-state index in [1.807, 2.05) is 32.9 Å². The monoisotopic (exact) mass is 376 g/mol. The van der Waals surface area contributed by atoms with Gasteiger partial charge in [-0.1, -0.05) is 11.6 Å². The highest BCUT2D eigenvalue weighted by molar-refractivity contribution is 6.32. The molecule has 3 rings (SSSR count). The second-order valence-electron chi connectivity index (χ2n) is 6.33. The van der Waals surface area contributed by atoms with Crippen LogP contribution in [0.4, 0.5) is 5.82 Å². The van der Waals surface area contributed by atoms with E-state index in [1.54, 1.807) is 6.20 Å². The van der Waals surface area contributed by atoms with E-state index in [2.05, 4.69) is 30.5 Å². The third kappa shape index (κ3) is 4.46. The number of hydrogen-bond donors (Lipinski definition) is 2. The lowest BCUT2D eigenvalue weighted by molar-refractivity contribution is 0.472. The number of aromatic nitrogens is 2. The van der Waals surface area contributed by atoms with Gasteiger partial charge in [0.15, 0.2) is 5.96 Å². The molecule has 1 unspecified atom stereocenters. The molecule has 2 aromatic rings. The van der Waals surface area contributed by atoms with Gasteiger partial charge in [-0.25, -0.2) is 15.0 Å². The molecule has 0 aliphatic carbocycles. The van der Waals surface area contributed by atoms with Gasteiger partial charge in [-0.2, -0.15) is 0 Å². The molecular formula is C18H25ClN6O. The van der Waals surface area contributed by atoms with Crippen molar-refractivity contribution in [2.45, 2.75) is 39.8 Å². The lowest BCUT2D eigenvalue weighted by Crippen LogP contribution is -2.44. The second kappa shape index (κ2) is 8.40. The van der Waals surface area contributed by atoms with Gasteiger partial charge < -0.3 is 20.0 Å². The molecule has 3 heterocycles. The predicted molar refractivity (Wildman–Crippen MR) is 104 cm³/mol. The average Bonchev–Trinajstić information content (AvgIpc) is 3.20. The molecule has 2 N–H and O–H groups in total. The molecule has 0 amide bonds. The molecule has 7 nitrogen and oxygen atoms in total. The zero-order valence-corrected chi connectivity index (χ0v) is 16.2. The zero-order chi connectivity index (χ0) is 18.5. The topological polar surface area (TPSA) is 78.6 Å². The summed E-state index contributed by atoms with van der Waals surface area (Å²) < 4.78 is 5.60. The smallest absolute Gasteiger partial charge is 0.216 e. The first-order chi connectivity index (χ1) is 12.6. The van der Waals surface area contributed by atoms with Crippen LogP contribution in [0.1, 0.15) is 30.7 Å². The fraction of sp³-hybridized carbons (Fsp3) is 0.500. The standard InChI is InChI=1S/C18H25ClN6O/c1-4-20-18(22-10-16-23-12(2)13(3)26-16)24-14-7-9-25(11-14)17-15(19)6-5-8-21-17/h5-6,8,14H,4,7,9-11H2,1-3H3,(H2,20,22,24). The van der Waals surface area contributed by atoms with E-state index in [-0.39, 0.29) is 6.04 Å². The number of guanidine groups is 1. The second-order valence-corrected chi connectivity index (χ2v) is 6.74. The highest BCUT2D eigenvalue weighted by Gasteiger charge is 2.25. The summed E-state index contributed by atoms with van der Waals surface area (Å²) in [5.41, 5.74) is 0.909. The first-order valence-electron chi connectivity index (χ1n) is 8.90. The Morgan fingerprint density at radius 1 is 1.46 bits per heavy atom. The average molecular weight is 377 g/mol. The van der Waals surface area contributed by atoms with E-state index >= 15 is 0 Å². The fourth-order valence-electron chi connectivity index (χ4n) is 2.95. The van der Waals surface area contributed by atoms with Crippen LogP contribution in [-0.2, 0) is 6.54 Å². The van der Waals surface area contributed by atoms with Crippen LogP contribution in [0.25, 0.3) is 0 Å². The Hall–Kier alpha value is -2.28. The van der Waals surface area contributed by atoms with Gasteiger partial charge in [0.1, 0.15) is 18.1 Å². The third-order valence-electron chi connectivity index (χ3n) is 4.36. The number of halogens is 1. The number of oxazole rings is 1. The van der Waals surface area contributed by atoms with Crippen molar-refractivity contribution < 1.29 is 4.42 Å². The number of anilines is 1. The summed E-state index contributed by atoms with van der Waals surface area (Å²) in [7, 11) is 0. The van der Waals surface area contributed by atoms with Crippen molar-refractivity contribution in [1.29, 1.82) is 0 Å². The minimum Gasteiger partial charge on any atom is -0.444 e. The van der Waals surface area contributed by atoms with Gasteiger partial charge in [0.25, 0.3) is 0 Å². The van der Waals surface area contributed by atoms with E-state index in [9.17, 15) is 0 Å². The first-order valence-corrected chi connectivity index (χ1v) is 9.27. The number of pyridine rings is 1. The normalized spacial score (nSPS) is 17.6. The molecule has 0 spiro atoms. The highest BCUT2D eigenvalue weighted by atomic mass is 35.5. The molecule has 1 aliphatic heterocycles. The molecule has 1 fully saturated rings. The van der Waals surface area contributed by atoms with Crippen molar-refractivity contribution in [3.63, 3.8) is 0 Å². The Labute approximate surface area is 158 Å². The number of aliphatic imine (C=N–C) groups is 1. The summed E-state index contributed by atoms with van der Waals surface area (Å²) in [6.07, 6.45) is 2.77. The van der Waals surface area contributed by atoms with Crippen molar-refractivity contribution >= 4 is 23.4 Å². The Kier molecular flexibility index (Phi) is 5.98. The zero-order valence-electron chi connectivity index (χ0n) is 15.4. The number of rotatable bonds is 5. The third-order valence-corrected chi connectivity index (χ3v) is 4.65. The maximum absolute atomic E-state index is 6.26. The van der Waals surface area contributed by atoms with Crippen molar-refractivity contribution in [3.8, 4) is 0 Å². The fourth-order valence-corrected chi connectivity index (χ4v) is 3.19. The van der Waals surface area contributed by atoms with Crippen molar-refractivity contribution in [2.75, 3.05) is 24.5 Å². The summed E-state index contributed by atoms with van der Waals surface area (Å²) in [6, 6.07) is 4.00. The van der Waals surface area contributed by atoms with Crippen LogP contribution >= 0.6 is 11.6 Å². The lowest BCUT2D eigenvalue weighted by atomic mass is 10.3. The molecular weight excluding hydrogens is 352 g/mol. The number of nitrogens with one attached hydrogen (secondary N) is 2. The Balaban J connectivity index is 1.61. The summed E-state index contributed by atoms with van der Waals surface area (Å²) in [5.74, 6) is 3.07. The van der Waals surface area contributed by atoms with Gasteiger partial charge in [-0.05, 0) is 39.3 Å². The van der Waals surface area contributed by atoms with Crippen LogP contribution in [0.5, 0.6) is 0 Å². The maximum atomic E-state index is 6.26. The Morgan fingerprint density at radius 2 is 2.31 bits per heavy atom. The lowest BCUT2D eigenvalue weighted by Gasteiger charge is -2.20. The first kappa shape index (κ1) is 18.5. The molecule has 0 radical (unpaired) electrons. The summed E-state index contributed by atoms with van der Waals surface area (Å²) in [5, 5.41) is 7.44. The van der Waals surface area contributed by atoms with E-state index in [0.717, 1.165) is 49.3 Å². The predicted octanol–water partition coefficient (Wildman–Crippen LogP) is 2.67. The van der Waals surface area contributed by atoms with Crippen LogP contribution in [0.3, 0.4) is 0 Å². The van der Waals surface area contributed by atoms with Gasteiger partial charge in [-0.3, -0.25) is 0 Å². The maximum Gasteiger partial charge on any atom is 0.216 e. The van der Waals surface area contributed by atoms with Crippen LogP contribution in [0.15, 0.2) is 27.7 Å². The molecule has 1 aliphatic rings. The minimum absolute atomic E-state index is 0.277. The number of hydrogen-bond acceptors (Lipinski definition) is 5. The number of nitrogens with zero attached hydrogens (tertiary/aromatic N) is 4.